The lowest BCUT2D eigenvalue weighted by molar-refractivity contribution is -0.144. The van der Waals surface area contributed by atoms with Gasteiger partial charge >= 0.3 is 0 Å². The molecule has 0 atom stereocenters. The van der Waals surface area contributed by atoms with E-state index in [4.69, 9.17) is 9.47 Å². The average molecular weight is 375 g/mol. The maximum atomic E-state index is 12.6. The number of hydrogen-bond acceptors (Lipinski definition) is 5. The molecule has 0 spiro atoms. The van der Waals surface area contributed by atoms with Crippen LogP contribution in [0.4, 0.5) is 0 Å². The second kappa shape index (κ2) is 7.76. The van der Waals surface area contributed by atoms with E-state index in [9.17, 15) is 9.59 Å². The van der Waals surface area contributed by atoms with Crippen LogP contribution in [0.5, 0.6) is 11.5 Å². The molecule has 1 saturated heterocycles. The Bertz CT molecular complexity index is 706. The van der Waals surface area contributed by atoms with E-state index in [0.717, 1.165) is 31.1 Å². The summed E-state index contributed by atoms with van der Waals surface area (Å²) >= 11 is 0. The van der Waals surface area contributed by atoms with Gasteiger partial charge in [-0.25, -0.2) is 0 Å². The fourth-order valence-electron chi connectivity index (χ4n) is 3.51. The van der Waals surface area contributed by atoms with Gasteiger partial charge in [-0.2, -0.15) is 0 Å². The Balaban J connectivity index is 1.51. The topological polar surface area (TPSA) is 62.3 Å². The molecule has 0 saturated carbocycles. The highest BCUT2D eigenvalue weighted by Crippen LogP contribution is 2.32. The molecule has 0 unspecified atom stereocenters. The third-order valence-corrected chi connectivity index (χ3v) is 5.05. The van der Waals surface area contributed by atoms with E-state index in [1.165, 1.54) is 12.5 Å². The molecule has 2 amide bonds. The Labute approximate surface area is 160 Å². The molecule has 2 aliphatic rings. The number of fused-ring (bicyclic) bond motifs is 1. The monoisotopic (exact) mass is 375 g/mol. The van der Waals surface area contributed by atoms with Gasteiger partial charge in [0.15, 0.2) is 11.5 Å². The van der Waals surface area contributed by atoms with Gasteiger partial charge in [0, 0.05) is 45.2 Å². The Morgan fingerprint density at radius 2 is 1.74 bits per heavy atom. The zero-order valence-electron chi connectivity index (χ0n) is 16.7. The zero-order valence-corrected chi connectivity index (χ0v) is 16.7. The Morgan fingerprint density at radius 1 is 1.07 bits per heavy atom. The molecule has 148 valence electrons. The third-order valence-electron chi connectivity index (χ3n) is 5.05. The molecule has 7 nitrogen and oxygen atoms in total. The van der Waals surface area contributed by atoms with Crippen molar-refractivity contribution in [2.45, 2.75) is 39.8 Å². The maximum absolute atomic E-state index is 12.6. The van der Waals surface area contributed by atoms with Crippen molar-refractivity contribution in [2.24, 2.45) is 0 Å². The molecule has 0 radical (unpaired) electrons. The van der Waals surface area contributed by atoms with E-state index < -0.39 is 0 Å². The lowest BCUT2D eigenvalue weighted by atomic mass is 10.1. The van der Waals surface area contributed by atoms with Crippen molar-refractivity contribution in [3.8, 4) is 11.5 Å². The van der Waals surface area contributed by atoms with E-state index in [2.05, 4.69) is 11.0 Å². The molecule has 0 aromatic heterocycles. The van der Waals surface area contributed by atoms with Crippen LogP contribution in [0.1, 0.15) is 33.3 Å². The number of nitrogens with zero attached hydrogens (tertiary/aromatic N) is 3. The van der Waals surface area contributed by atoms with Gasteiger partial charge in [-0.15, -0.1) is 0 Å². The molecule has 3 rings (SSSR count). The van der Waals surface area contributed by atoms with E-state index in [0.29, 0.717) is 13.1 Å². The first-order valence-corrected chi connectivity index (χ1v) is 9.41. The van der Waals surface area contributed by atoms with Gasteiger partial charge in [-0.05, 0) is 38.5 Å². The molecular formula is C20H29N3O4. The van der Waals surface area contributed by atoms with Crippen molar-refractivity contribution in [1.29, 1.82) is 0 Å². The predicted molar refractivity (Wildman–Crippen MR) is 102 cm³/mol. The SMILES string of the molecule is CC(=O)N(CC(=O)N1CCN(Cc2ccc3c(c2)OCO3)CC1)C(C)(C)C. The lowest BCUT2D eigenvalue weighted by Gasteiger charge is -2.38. The largest absolute Gasteiger partial charge is 0.454 e. The van der Waals surface area contributed by atoms with Crippen molar-refractivity contribution in [3.05, 3.63) is 23.8 Å². The zero-order chi connectivity index (χ0) is 19.6. The van der Waals surface area contributed by atoms with Gasteiger partial charge in [-0.1, -0.05) is 6.07 Å². The second-order valence-corrected chi connectivity index (χ2v) is 8.12. The predicted octanol–water partition coefficient (Wildman–Crippen LogP) is 1.71. The minimum absolute atomic E-state index is 0.0165. The van der Waals surface area contributed by atoms with Crippen LogP contribution >= 0.6 is 0 Å². The van der Waals surface area contributed by atoms with Gasteiger partial charge < -0.3 is 19.3 Å². The van der Waals surface area contributed by atoms with Crippen molar-refractivity contribution < 1.29 is 19.1 Å². The molecule has 0 N–H and O–H groups in total. The molecule has 2 heterocycles. The normalized spacial score (nSPS) is 17.1. The molecule has 27 heavy (non-hydrogen) atoms. The minimum Gasteiger partial charge on any atom is -0.454 e. The summed E-state index contributed by atoms with van der Waals surface area (Å²) in [6, 6.07) is 6.02. The van der Waals surface area contributed by atoms with E-state index in [1.54, 1.807) is 4.90 Å². The van der Waals surface area contributed by atoms with Gasteiger partial charge in [0.25, 0.3) is 0 Å². The van der Waals surface area contributed by atoms with E-state index >= 15 is 0 Å². The summed E-state index contributed by atoms with van der Waals surface area (Å²) in [6.07, 6.45) is 0. The minimum atomic E-state index is -0.358. The number of rotatable bonds is 4. The highest BCUT2D eigenvalue weighted by molar-refractivity contribution is 5.84. The Kier molecular flexibility index (Phi) is 5.60. The Hall–Kier alpha value is -2.28. The fraction of sp³-hybridized carbons (Fsp3) is 0.600. The highest BCUT2D eigenvalue weighted by atomic mass is 16.7. The smallest absolute Gasteiger partial charge is 0.242 e. The third kappa shape index (κ3) is 4.71. The number of carbonyl (C=O) groups is 2. The Morgan fingerprint density at radius 3 is 2.37 bits per heavy atom. The summed E-state index contributed by atoms with van der Waals surface area (Å²) in [6.45, 7) is 11.6. The molecule has 1 aromatic rings. The molecule has 0 aliphatic carbocycles. The van der Waals surface area contributed by atoms with Crippen LogP contribution in [0.2, 0.25) is 0 Å². The van der Waals surface area contributed by atoms with E-state index in [-0.39, 0.29) is 30.7 Å². The summed E-state index contributed by atoms with van der Waals surface area (Å²) in [5.74, 6) is 1.54. The van der Waals surface area contributed by atoms with Gasteiger partial charge in [0.05, 0.1) is 0 Å². The molecule has 0 bridgehead atoms. The van der Waals surface area contributed by atoms with E-state index in [1.807, 2.05) is 37.8 Å². The van der Waals surface area contributed by atoms with Crippen LogP contribution < -0.4 is 9.47 Å². The quantitative estimate of drug-likeness (QED) is 0.802. The van der Waals surface area contributed by atoms with Crippen molar-refractivity contribution in [1.82, 2.24) is 14.7 Å². The van der Waals surface area contributed by atoms with Crippen molar-refractivity contribution in [2.75, 3.05) is 39.5 Å². The molecule has 2 aliphatic heterocycles. The standard InChI is InChI=1S/C20H29N3O4/c1-15(24)23(20(2,3)4)13-19(25)22-9-7-21(8-10-22)12-16-5-6-17-18(11-16)27-14-26-17/h5-6,11H,7-10,12-14H2,1-4H3. The van der Waals surface area contributed by atoms with Crippen LogP contribution in [0, 0.1) is 0 Å². The molecular weight excluding hydrogens is 346 g/mol. The van der Waals surface area contributed by atoms with Gasteiger partial charge in [0.2, 0.25) is 18.6 Å². The molecule has 1 aromatic carbocycles. The first-order chi connectivity index (χ1) is 12.7. The number of benzene rings is 1. The number of piperazine rings is 1. The average Bonchev–Trinajstić information content (AvgIpc) is 3.06. The first kappa shape index (κ1) is 19.5. The fourth-order valence-corrected chi connectivity index (χ4v) is 3.51. The van der Waals surface area contributed by atoms with Crippen LogP contribution in [0.25, 0.3) is 0 Å². The lowest BCUT2D eigenvalue weighted by Crippen LogP contribution is -2.54. The van der Waals surface area contributed by atoms with Crippen LogP contribution in [-0.2, 0) is 16.1 Å². The molecule has 7 heteroatoms. The second-order valence-electron chi connectivity index (χ2n) is 8.12. The number of ether oxygens (including phenoxy) is 2. The summed E-state index contributed by atoms with van der Waals surface area (Å²) in [5.41, 5.74) is 0.817. The summed E-state index contributed by atoms with van der Waals surface area (Å²) in [7, 11) is 0. The van der Waals surface area contributed by atoms with Gasteiger partial charge in [0.1, 0.15) is 6.54 Å². The summed E-state index contributed by atoms with van der Waals surface area (Å²) in [5, 5.41) is 0. The molecule has 1 fully saturated rings. The van der Waals surface area contributed by atoms with Crippen molar-refractivity contribution in [3.63, 3.8) is 0 Å². The number of carbonyl (C=O) groups excluding carboxylic acids is 2. The summed E-state index contributed by atoms with van der Waals surface area (Å²) < 4.78 is 10.8. The maximum Gasteiger partial charge on any atom is 0.242 e. The first-order valence-electron chi connectivity index (χ1n) is 9.41. The van der Waals surface area contributed by atoms with Crippen LogP contribution in [0.3, 0.4) is 0 Å². The van der Waals surface area contributed by atoms with Crippen LogP contribution in [0.15, 0.2) is 18.2 Å². The summed E-state index contributed by atoms with van der Waals surface area (Å²) in [4.78, 5) is 30.3. The number of amides is 2. The van der Waals surface area contributed by atoms with Gasteiger partial charge in [-0.3, -0.25) is 14.5 Å². The van der Waals surface area contributed by atoms with Crippen molar-refractivity contribution >= 4 is 11.8 Å². The highest BCUT2D eigenvalue weighted by Gasteiger charge is 2.29. The van der Waals surface area contributed by atoms with Crippen LogP contribution in [-0.4, -0.2) is 71.6 Å². The number of hydrogen-bond donors (Lipinski definition) is 0.